The lowest BCUT2D eigenvalue weighted by molar-refractivity contribution is 0.137. The molecule has 1 heterocycles. The fourth-order valence-electron chi connectivity index (χ4n) is 2.36. The normalized spacial score (nSPS) is 14.8. The van der Waals surface area contributed by atoms with Crippen molar-refractivity contribution in [2.45, 2.75) is 65.4 Å². The Morgan fingerprint density at radius 2 is 2.06 bits per heavy atom. The standard InChI is InChI=1S/C15H26O2/c1-4-7-8-12(5-2)11-14(16)13-9-10-17-15(13)6-3/h9-10,12,14,16H,4-8,11H2,1-3H3. The van der Waals surface area contributed by atoms with Crippen LogP contribution in [0.2, 0.25) is 0 Å². The fourth-order valence-corrected chi connectivity index (χ4v) is 2.36. The van der Waals surface area contributed by atoms with Crippen LogP contribution < -0.4 is 0 Å². The summed E-state index contributed by atoms with van der Waals surface area (Å²) in [4.78, 5) is 0. The number of rotatable bonds is 8. The molecule has 1 aromatic heterocycles. The lowest BCUT2D eigenvalue weighted by Gasteiger charge is -2.18. The zero-order valence-electron chi connectivity index (χ0n) is 11.4. The number of aliphatic hydroxyl groups excluding tert-OH is 1. The van der Waals surface area contributed by atoms with Gasteiger partial charge >= 0.3 is 0 Å². The summed E-state index contributed by atoms with van der Waals surface area (Å²) in [6.45, 7) is 6.49. The monoisotopic (exact) mass is 238 g/mol. The predicted octanol–water partition coefficient (Wildman–Crippen LogP) is 4.48. The summed E-state index contributed by atoms with van der Waals surface area (Å²) in [5.41, 5.74) is 0.988. The number of hydrogen-bond acceptors (Lipinski definition) is 2. The molecule has 2 nitrogen and oxygen atoms in total. The van der Waals surface area contributed by atoms with Crippen LogP contribution >= 0.6 is 0 Å². The molecule has 2 heteroatoms. The van der Waals surface area contributed by atoms with E-state index in [0.29, 0.717) is 5.92 Å². The molecule has 0 amide bonds. The largest absolute Gasteiger partial charge is 0.469 e. The minimum absolute atomic E-state index is 0.356. The zero-order valence-corrected chi connectivity index (χ0v) is 11.4. The Bertz CT molecular complexity index is 304. The Kier molecular flexibility index (Phi) is 6.35. The van der Waals surface area contributed by atoms with E-state index in [1.807, 2.05) is 6.07 Å². The maximum Gasteiger partial charge on any atom is 0.109 e. The molecule has 0 spiro atoms. The summed E-state index contributed by atoms with van der Waals surface area (Å²) in [5.74, 6) is 1.56. The molecule has 0 aliphatic carbocycles. The molecule has 17 heavy (non-hydrogen) atoms. The highest BCUT2D eigenvalue weighted by Crippen LogP contribution is 2.29. The molecule has 0 aliphatic heterocycles. The van der Waals surface area contributed by atoms with Gasteiger partial charge in [-0.2, -0.15) is 0 Å². The van der Waals surface area contributed by atoms with Crippen molar-refractivity contribution in [1.29, 1.82) is 0 Å². The van der Waals surface area contributed by atoms with Gasteiger partial charge in [-0.1, -0.05) is 46.5 Å². The van der Waals surface area contributed by atoms with Gasteiger partial charge in [0.1, 0.15) is 5.76 Å². The van der Waals surface area contributed by atoms with Crippen molar-refractivity contribution in [3.8, 4) is 0 Å². The van der Waals surface area contributed by atoms with Crippen LogP contribution in [0.25, 0.3) is 0 Å². The Morgan fingerprint density at radius 1 is 1.29 bits per heavy atom. The number of unbranched alkanes of at least 4 members (excludes halogenated alkanes) is 1. The molecule has 0 aliphatic rings. The van der Waals surface area contributed by atoms with Gasteiger partial charge in [0.2, 0.25) is 0 Å². The summed E-state index contributed by atoms with van der Waals surface area (Å²) in [5, 5.41) is 10.3. The fraction of sp³-hybridized carbons (Fsp3) is 0.733. The van der Waals surface area contributed by atoms with E-state index in [4.69, 9.17) is 4.42 Å². The van der Waals surface area contributed by atoms with E-state index in [-0.39, 0.29) is 6.10 Å². The number of hydrogen-bond donors (Lipinski definition) is 1. The number of furan rings is 1. The quantitative estimate of drug-likeness (QED) is 0.724. The van der Waals surface area contributed by atoms with Crippen molar-refractivity contribution in [3.05, 3.63) is 23.7 Å². The third-order valence-corrected chi connectivity index (χ3v) is 3.56. The van der Waals surface area contributed by atoms with Gasteiger partial charge in [-0.15, -0.1) is 0 Å². The van der Waals surface area contributed by atoms with Crippen LogP contribution in [0, 0.1) is 5.92 Å². The Labute approximate surface area is 105 Å². The van der Waals surface area contributed by atoms with Crippen LogP contribution in [0.15, 0.2) is 16.7 Å². The molecule has 1 rings (SSSR count). The first-order chi connectivity index (χ1) is 8.22. The molecular weight excluding hydrogens is 212 g/mol. The molecule has 1 N–H and O–H groups in total. The van der Waals surface area contributed by atoms with Crippen molar-refractivity contribution < 1.29 is 9.52 Å². The van der Waals surface area contributed by atoms with Crippen molar-refractivity contribution >= 4 is 0 Å². The smallest absolute Gasteiger partial charge is 0.109 e. The lowest BCUT2D eigenvalue weighted by atomic mass is 9.90. The van der Waals surface area contributed by atoms with Gasteiger partial charge < -0.3 is 9.52 Å². The molecule has 98 valence electrons. The summed E-state index contributed by atoms with van der Waals surface area (Å²) in [7, 11) is 0. The molecule has 0 aromatic carbocycles. The van der Waals surface area contributed by atoms with Gasteiger partial charge in [-0.05, 0) is 18.4 Å². The van der Waals surface area contributed by atoms with Crippen LogP contribution in [0.3, 0.4) is 0 Å². The van der Waals surface area contributed by atoms with Crippen molar-refractivity contribution in [1.82, 2.24) is 0 Å². The molecule has 1 aromatic rings. The van der Waals surface area contributed by atoms with Crippen molar-refractivity contribution in [3.63, 3.8) is 0 Å². The van der Waals surface area contributed by atoms with E-state index < -0.39 is 0 Å². The topological polar surface area (TPSA) is 33.4 Å². The minimum Gasteiger partial charge on any atom is -0.469 e. The number of aliphatic hydroxyl groups is 1. The first kappa shape index (κ1) is 14.3. The van der Waals surface area contributed by atoms with Crippen molar-refractivity contribution in [2.75, 3.05) is 0 Å². The van der Waals surface area contributed by atoms with Crippen molar-refractivity contribution in [2.24, 2.45) is 5.92 Å². The second-order valence-electron chi connectivity index (χ2n) is 4.82. The Balaban J connectivity index is 2.54. The second-order valence-corrected chi connectivity index (χ2v) is 4.82. The first-order valence-corrected chi connectivity index (χ1v) is 6.97. The maximum atomic E-state index is 10.3. The second kappa shape index (κ2) is 7.54. The number of aryl methyl sites for hydroxylation is 1. The highest BCUT2D eigenvalue weighted by Gasteiger charge is 2.18. The summed E-state index contributed by atoms with van der Waals surface area (Å²) in [6, 6.07) is 1.91. The predicted molar refractivity (Wildman–Crippen MR) is 71.0 cm³/mol. The summed E-state index contributed by atoms with van der Waals surface area (Å²) in [6.07, 6.45) is 7.92. The van der Waals surface area contributed by atoms with E-state index in [1.165, 1.54) is 19.3 Å². The maximum absolute atomic E-state index is 10.3. The molecule has 0 bridgehead atoms. The summed E-state index contributed by atoms with van der Waals surface area (Å²) < 4.78 is 5.37. The van der Waals surface area contributed by atoms with Gasteiger partial charge in [0.25, 0.3) is 0 Å². The van der Waals surface area contributed by atoms with Gasteiger partial charge in [0.05, 0.1) is 12.4 Å². The highest BCUT2D eigenvalue weighted by molar-refractivity contribution is 5.19. The van der Waals surface area contributed by atoms with Crippen LogP contribution in [-0.4, -0.2) is 5.11 Å². The molecule has 0 radical (unpaired) electrons. The molecule has 2 atom stereocenters. The highest BCUT2D eigenvalue weighted by atomic mass is 16.3. The van der Waals surface area contributed by atoms with Crippen LogP contribution in [0.1, 0.15) is 70.3 Å². The summed E-state index contributed by atoms with van der Waals surface area (Å²) >= 11 is 0. The van der Waals surface area contributed by atoms with Gasteiger partial charge in [0, 0.05) is 12.0 Å². The van der Waals surface area contributed by atoms with Gasteiger partial charge in [-0.25, -0.2) is 0 Å². The van der Waals surface area contributed by atoms with Crippen LogP contribution in [0.5, 0.6) is 0 Å². The lowest BCUT2D eigenvalue weighted by Crippen LogP contribution is -2.07. The van der Waals surface area contributed by atoms with E-state index in [1.54, 1.807) is 6.26 Å². The van der Waals surface area contributed by atoms with E-state index in [2.05, 4.69) is 20.8 Å². The minimum atomic E-state index is -0.356. The van der Waals surface area contributed by atoms with E-state index in [9.17, 15) is 5.11 Å². The molecule has 0 fully saturated rings. The van der Waals surface area contributed by atoms with E-state index in [0.717, 1.165) is 30.6 Å². The van der Waals surface area contributed by atoms with Gasteiger partial charge in [-0.3, -0.25) is 0 Å². The zero-order chi connectivity index (χ0) is 12.7. The average Bonchev–Trinajstić information content (AvgIpc) is 2.82. The SMILES string of the molecule is CCCCC(CC)CC(O)c1ccoc1CC. The molecule has 0 saturated heterocycles. The Morgan fingerprint density at radius 3 is 2.65 bits per heavy atom. The van der Waals surface area contributed by atoms with E-state index >= 15 is 0 Å². The van der Waals surface area contributed by atoms with Crippen LogP contribution in [0.4, 0.5) is 0 Å². The third-order valence-electron chi connectivity index (χ3n) is 3.56. The third kappa shape index (κ3) is 4.19. The molecular formula is C15H26O2. The Hall–Kier alpha value is -0.760. The molecule has 2 unspecified atom stereocenters. The molecule has 0 saturated carbocycles. The average molecular weight is 238 g/mol. The van der Waals surface area contributed by atoms with Gasteiger partial charge in [0.15, 0.2) is 0 Å². The van der Waals surface area contributed by atoms with Crippen LogP contribution in [-0.2, 0) is 6.42 Å². The first-order valence-electron chi connectivity index (χ1n) is 6.97.